The number of likely N-dealkylation sites (N-methyl/N-ethyl adjacent to an activating group) is 1. The topological polar surface area (TPSA) is 15.3 Å². The second kappa shape index (κ2) is 3.35. The highest BCUT2D eigenvalue weighted by Crippen LogP contribution is 2.22. The van der Waals surface area contributed by atoms with Crippen LogP contribution in [0, 0.1) is 0 Å². The van der Waals surface area contributed by atoms with Gasteiger partial charge >= 0.3 is 0 Å². The molecule has 0 aromatic rings. The van der Waals surface area contributed by atoms with E-state index in [0.717, 1.165) is 12.6 Å². The number of nitrogens with one attached hydrogen (secondary N) is 1. The fourth-order valence-corrected chi connectivity index (χ4v) is 1.84. The number of hydrogen-bond acceptors (Lipinski definition) is 2. The van der Waals surface area contributed by atoms with Crippen LogP contribution in [0.1, 0.15) is 34.1 Å². The van der Waals surface area contributed by atoms with Crippen LogP contribution in [0.25, 0.3) is 0 Å². The molecule has 1 atom stereocenters. The van der Waals surface area contributed by atoms with E-state index in [4.69, 9.17) is 0 Å². The van der Waals surface area contributed by atoms with Crippen molar-refractivity contribution in [1.82, 2.24) is 10.2 Å². The maximum absolute atomic E-state index is 3.54. The maximum Gasteiger partial charge on any atom is 0.0237 e. The first-order valence-corrected chi connectivity index (χ1v) is 4.89. The summed E-state index contributed by atoms with van der Waals surface area (Å²) in [6.07, 6.45) is 1.27. The summed E-state index contributed by atoms with van der Waals surface area (Å²) < 4.78 is 0. The molecule has 0 aromatic heterocycles. The van der Waals surface area contributed by atoms with Crippen LogP contribution in [0.2, 0.25) is 0 Å². The Hall–Kier alpha value is -0.0800. The molecule has 1 heterocycles. The molecule has 1 saturated heterocycles. The van der Waals surface area contributed by atoms with Crippen LogP contribution in [0.4, 0.5) is 0 Å². The summed E-state index contributed by atoms with van der Waals surface area (Å²) in [6.45, 7) is 10.2. The summed E-state index contributed by atoms with van der Waals surface area (Å²) in [5.74, 6) is 0. The average Bonchev–Trinajstić information content (AvgIpc) is 2.28. The zero-order valence-corrected chi connectivity index (χ0v) is 9.02. The van der Waals surface area contributed by atoms with Gasteiger partial charge in [0.15, 0.2) is 0 Å². The van der Waals surface area contributed by atoms with Crippen molar-refractivity contribution in [1.29, 1.82) is 0 Å². The molecular formula is C10H22N2. The normalized spacial score (nSPS) is 28.8. The van der Waals surface area contributed by atoms with Crippen molar-refractivity contribution in [2.24, 2.45) is 0 Å². The van der Waals surface area contributed by atoms with Crippen LogP contribution in [-0.2, 0) is 0 Å². The van der Waals surface area contributed by atoms with Crippen molar-refractivity contribution in [3.63, 3.8) is 0 Å². The second-order valence-electron chi connectivity index (χ2n) is 4.88. The summed E-state index contributed by atoms with van der Waals surface area (Å²) in [5.41, 5.74) is 0.341. The van der Waals surface area contributed by atoms with Crippen molar-refractivity contribution in [3.8, 4) is 0 Å². The molecule has 1 N–H and O–H groups in total. The minimum atomic E-state index is 0.341. The third kappa shape index (κ3) is 2.20. The van der Waals surface area contributed by atoms with Gasteiger partial charge in [0, 0.05) is 24.2 Å². The molecule has 2 nitrogen and oxygen atoms in total. The lowest BCUT2D eigenvalue weighted by Crippen LogP contribution is -2.38. The van der Waals surface area contributed by atoms with Gasteiger partial charge in [-0.25, -0.2) is 0 Å². The van der Waals surface area contributed by atoms with Crippen LogP contribution in [-0.4, -0.2) is 36.1 Å². The first-order chi connectivity index (χ1) is 5.42. The van der Waals surface area contributed by atoms with Gasteiger partial charge < -0.3 is 5.32 Å². The Morgan fingerprint density at radius 2 is 2.00 bits per heavy atom. The minimum absolute atomic E-state index is 0.341. The molecule has 1 fully saturated rings. The first-order valence-electron chi connectivity index (χ1n) is 4.89. The molecule has 72 valence electrons. The first kappa shape index (κ1) is 10.0. The van der Waals surface area contributed by atoms with Gasteiger partial charge in [-0.1, -0.05) is 0 Å². The van der Waals surface area contributed by atoms with Crippen LogP contribution < -0.4 is 5.32 Å². The zero-order chi connectivity index (χ0) is 9.35. The largest absolute Gasteiger partial charge is 0.310 e. The minimum Gasteiger partial charge on any atom is -0.310 e. The van der Waals surface area contributed by atoms with Crippen molar-refractivity contribution in [2.75, 3.05) is 13.6 Å². The predicted octanol–water partition coefficient (Wildman–Crippen LogP) is 1.47. The molecule has 1 rings (SSSR count). The van der Waals surface area contributed by atoms with Gasteiger partial charge in [0.2, 0.25) is 0 Å². The summed E-state index contributed by atoms with van der Waals surface area (Å²) >= 11 is 0. The predicted molar refractivity (Wildman–Crippen MR) is 53.4 cm³/mol. The van der Waals surface area contributed by atoms with E-state index in [9.17, 15) is 0 Å². The fraction of sp³-hybridized carbons (Fsp3) is 1.00. The van der Waals surface area contributed by atoms with Gasteiger partial charge in [-0.05, 0) is 41.2 Å². The molecule has 0 aliphatic carbocycles. The van der Waals surface area contributed by atoms with Crippen LogP contribution in [0.5, 0.6) is 0 Å². The van der Waals surface area contributed by atoms with Gasteiger partial charge in [0.05, 0.1) is 0 Å². The van der Waals surface area contributed by atoms with Crippen molar-refractivity contribution >= 4 is 0 Å². The van der Waals surface area contributed by atoms with Crippen LogP contribution in [0.15, 0.2) is 0 Å². The van der Waals surface area contributed by atoms with Gasteiger partial charge in [0.1, 0.15) is 0 Å². The molecule has 1 unspecified atom stereocenters. The molecule has 1 aliphatic rings. The third-order valence-corrected chi connectivity index (χ3v) is 2.95. The standard InChI is InChI=1S/C10H22N2/c1-8(2)12(5)9-6-10(3,4)11-7-9/h8-9,11H,6-7H2,1-5H3. The highest BCUT2D eigenvalue weighted by molar-refractivity contribution is 4.94. The van der Waals surface area contributed by atoms with E-state index in [2.05, 4.69) is 45.0 Å². The third-order valence-electron chi connectivity index (χ3n) is 2.95. The van der Waals surface area contributed by atoms with E-state index in [1.807, 2.05) is 0 Å². The summed E-state index contributed by atoms with van der Waals surface area (Å²) in [7, 11) is 2.22. The number of rotatable bonds is 2. The Labute approximate surface area is 76.3 Å². The van der Waals surface area contributed by atoms with Gasteiger partial charge in [0.25, 0.3) is 0 Å². The number of nitrogens with zero attached hydrogens (tertiary/aromatic N) is 1. The highest BCUT2D eigenvalue weighted by Gasteiger charge is 2.32. The van der Waals surface area contributed by atoms with E-state index in [0.29, 0.717) is 11.6 Å². The number of hydrogen-bond donors (Lipinski definition) is 1. The molecule has 12 heavy (non-hydrogen) atoms. The quantitative estimate of drug-likeness (QED) is 0.675. The molecule has 0 spiro atoms. The molecule has 0 amide bonds. The Kier molecular flexibility index (Phi) is 2.79. The monoisotopic (exact) mass is 170 g/mol. The van der Waals surface area contributed by atoms with E-state index in [1.165, 1.54) is 6.42 Å². The summed E-state index contributed by atoms with van der Waals surface area (Å²) in [5, 5.41) is 3.54. The highest BCUT2D eigenvalue weighted by atomic mass is 15.2. The van der Waals surface area contributed by atoms with Crippen LogP contribution >= 0.6 is 0 Å². The lowest BCUT2D eigenvalue weighted by molar-refractivity contribution is 0.201. The lowest BCUT2D eigenvalue weighted by atomic mass is 10.0. The molecule has 0 aromatic carbocycles. The molecule has 2 heteroatoms. The lowest BCUT2D eigenvalue weighted by Gasteiger charge is -2.28. The van der Waals surface area contributed by atoms with Gasteiger partial charge in [-0.3, -0.25) is 4.90 Å². The van der Waals surface area contributed by atoms with Crippen molar-refractivity contribution < 1.29 is 0 Å². The fourth-order valence-electron chi connectivity index (χ4n) is 1.84. The van der Waals surface area contributed by atoms with Crippen molar-refractivity contribution in [2.45, 2.75) is 51.7 Å². The Morgan fingerprint density at radius 1 is 1.42 bits per heavy atom. The molecule has 0 bridgehead atoms. The second-order valence-corrected chi connectivity index (χ2v) is 4.88. The summed E-state index contributed by atoms with van der Waals surface area (Å²) in [6, 6.07) is 1.38. The Balaban J connectivity index is 2.47. The SMILES string of the molecule is CC(C)N(C)C1CNC(C)(C)C1. The van der Waals surface area contributed by atoms with Gasteiger partial charge in [-0.2, -0.15) is 0 Å². The smallest absolute Gasteiger partial charge is 0.0237 e. The molecule has 1 aliphatic heterocycles. The molecule has 0 saturated carbocycles. The van der Waals surface area contributed by atoms with Crippen molar-refractivity contribution in [3.05, 3.63) is 0 Å². The molecule has 0 radical (unpaired) electrons. The van der Waals surface area contributed by atoms with E-state index in [-0.39, 0.29) is 0 Å². The Morgan fingerprint density at radius 3 is 2.33 bits per heavy atom. The van der Waals surface area contributed by atoms with E-state index >= 15 is 0 Å². The maximum atomic E-state index is 3.54. The zero-order valence-electron chi connectivity index (χ0n) is 9.02. The van der Waals surface area contributed by atoms with Crippen LogP contribution in [0.3, 0.4) is 0 Å². The average molecular weight is 170 g/mol. The summed E-state index contributed by atoms with van der Waals surface area (Å²) in [4.78, 5) is 2.46. The van der Waals surface area contributed by atoms with E-state index in [1.54, 1.807) is 0 Å². The van der Waals surface area contributed by atoms with Gasteiger partial charge in [-0.15, -0.1) is 0 Å². The Bertz CT molecular complexity index is 152. The van der Waals surface area contributed by atoms with E-state index < -0.39 is 0 Å². The molecular weight excluding hydrogens is 148 g/mol.